The van der Waals surface area contributed by atoms with E-state index in [-0.39, 0.29) is 6.17 Å². The summed E-state index contributed by atoms with van der Waals surface area (Å²) >= 11 is 0. The molecule has 0 fully saturated rings. The maximum absolute atomic E-state index is 5.28. The highest BCUT2D eigenvalue weighted by Crippen LogP contribution is 1.73. The quantitative estimate of drug-likeness (QED) is 0.261. The summed E-state index contributed by atoms with van der Waals surface area (Å²) in [5.74, 6) is 0. The lowest BCUT2D eigenvalue weighted by Crippen LogP contribution is -2.35. The molecule has 0 aromatic rings. The minimum atomic E-state index is -0.199. The molecular formula is C5H16N4. The molecule has 7 N–H and O–H groups in total. The SMILES string of the molecule is NCCNCCC(N)N. The molecule has 0 saturated carbocycles. The van der Waals surface area contributed by atoms with Crippen LogP contribution in [-0.4, -0.2) is 25.8 Å². The number of hydrogen-bond donors (Lipinski definition) is 4. The lowest BCUT2D eigenvalue weighted by atomic mass is 10.3. The smallest absolute Gasteiger partial charge is 0.0533 e. The van der Waals surface area contributed by atoms with Crippen molar-refractivity contribution in [1.82, 2.24) is 5.32 Å². The van der Waals surface area contributed by atoms with E-state index in [4.69, 9.17) is 17.2 Å². The summed E-state index contributed by atoms with van der Waals surface area (Å²) in [6.07, 6.45) is 0.607. The summed E-state index contributed by atoms with van der Waals surface area (Å²) in [7, 11) is 0. The van der Waals surface area contributed by atoms with Crippen LogP contribution in [0, 0.1) is 0 Å². The highest BCUT2D eigenvalue weighted by molar-refractivity contribution is 4.54. The van der Waals surface area contributed by atoms with Crippen LogP contribution in [0.4, 0.5) is 0 Å². The Bertz CT molecular complexity index is 54.9. The molecule has 56 valence electrons. The molecule has 0 atom stereocenters. The predicted molar refractivity (Wildman–Crippen MR) is 38.7 cm³/mol. The highest BCUT2D eigenvalue weighted by Gasteiger charge is 1.90. The van der Waals surface area contributed by atoms with Gasteiger partial charge in [-0.25, -0.2) is 0 Å². The summed E-state index contributed by atoms with van der Waals surface area (Å²) < 4.78 is 0. The molecule has 4 heteroatoms. The van der Waals surface area contributed by atoms with Crippen LogP contribution in [0.25, 0.3) is 0 Å². The first-order valence-corrected chi connectivity index (χ1v) is 3.19. The van der Waals surface area contributed by atoms with Crippen molar-refractivity contribution in [2.45, 2.75) is 12.6 Å². The van der Waals surface area contributed by atoms with E-state index < -0.39 is 0 Å². The van der Waals surface area contributed by atoms with Gasteiger partial charge in [-0.15, -0.1) is 0 Å². The standard InChI is InChI=1S/C5H16N4/c6-2-4-9-3-1-5(7)8/h5,9H,1-4,6-8H2. The van der Waals surface area contributed by atoms with Crippen LogP contribution in [0.5, 0.6) is 0 Å². The molecule has 4 nitrogen and oxygen atoms in total. The normalized spacial score (nSPS) is 10.7. The zero-order chi connectivity index (χ0) is 7.11. The van der Waals surface area contributed by atoms with E-state index in [1.807, 2.05) is 0 Å². The summed E-state index contributed by atoms with van der Waals surface area (Å²) in [4.78, 5) is 0. The molecule has 0 heterocycles. The topological polar surface area (TPSA) is 90.1 Å². The largest absolute Gasteiger partial charge is 0.329 e. The Balaban J connectivity index is 2.75. The van der Waals surface area contributed by atoms with Crippen LogP contribution in [0.1, 0.15) is 6.42 Å². The molecular weight excluding hydrogens is 116 g/mol. The van der Waals surface area contributed by atoms with E-state index >= 15 is 0 Å². The lowest BCUT2D eigenvalue weighted by molar-refractivity contribution is 0.578. The lowest BCUT2D eigenvalue weighted by Gasteiger charge is -2.04. The van der Waals surface area contributed by atoms with E-state index in [1.165, 1.54) is 0 Å². The molecule has 0 radical (unpaired) electrons. The van der Waals surface area contributed by atoms with E-state index in [0.29, 0.717) is 6.54 Å². The third kappa shape index (κ3) is 7.84. The van der Waals surface area contributed by atoms with Crippen molar-refractivity contribution in [3.05, 3.63) is 0 Å². The number of nitrogens with one attached hydrogen (secondary N) is 1. The van der Waals surface area contributed by atoms with E-state index in [1.54, 1.807) is 0 Å². The second-order valence-corrected chi connectivity index (χ2v) is 1.99. The van der Waals surface area contributed by atoms with E-state index in [2.05, 4.69) is 5.32 Å². The van der Waals surface area contributed by atoms with Crippen molar-refractivity contribution in [2.75, 3.05) is 19.6 Å². The summed E-state index contributed by atoms with van der Waals surface area (Å²) in [5.41, 5.74) is 15.8. The number of nitrogens with two attached hydrogens (primary N) is 3. The second kappa shape index (κ2) is 5.97. The van der Waals surface area contributed by atoms with Gasteiger partial charge in [-0.3, -0.25) is 0 Å². The van der Waals surface area contributed by atoms with Crippen molar-refractivity contribution in [3.8, 4) is 0 Å². The van der Waals surface area contributed by atoms with Gasteiger partial charge < -0.3 is 22.5 Å². The fraction of sp³-hybridized carbons (Fsp3) is 1.00. The average molecular weight is 132 g/mol. The Morgan fingerprint density at radius 3 is 2.33 bits per heavy atom. The van der Waals surface area contributed by atoms with Gasteiger partial charge in [0.2, 0.25) is 0 Å². The van der Waals surface area contributed by atoms with Crippen molar-refractivity contribution in [1.29, 1.82) is 0 Å². The second-order valence-electron chi connectivity index (χ2n) is 1.99. The van der Waals surface area contributed by atoms with Gasteiger partial charge in [-0.2, -0.15) is 0 Å². The molecule has 0 aromatic heterocycles. The molecule has 0 aliphatic rings. The minimum Gasteiger partial charge on any atom is -0.329 e. The third-order valence-electron chi connectivity index (χ3n) is 0.976. The fourth-order valence-electron chi connectivity index (χ4n) is 0.496. The maximum Gasteiger partial charge on any atom is 0.0533 e. The first kappa shape index (κ1) is 8.84. The van der Waals surface area contributed by atoms with E-state index in [0.717, 1.165) is 19.5 Å². The maximum atomic E-state index is 5.28. The van der Waals surface area contributed by atoms with Crippen molar-refractivity contribution < 1.29 is 0 Å². The third-order valence-corrected chi connectivity index (χ3v) is 0.976. The molecule has 0 spiro atoms. The molecule has 0 unspecified atom stereocenters. The summed E-state index contributed by atoms with van der Waals surface area (Å²) in [6.45, 7) is 2.36. The minimum absolute atomic E-state index is 0.199. The number of hydrogen-bond acceptors (Lipinski definition) is 4. The van der Waals surface area contributed by atoms with Gasteiger partial charge in [0.15, 0.2) is 0 Å². The van der Waals surface area contributed by atoms with Gasteiger partial charge in [0.05, 0.1) is 6.17 Å². The molecule has 0 saturated heterocycles. The van der Waals surface area contributed by atoms with Gasteiger partial charge >= 0.3 is 0 Å². The highest BCUT2D eigenvalue weighted by atomic mass is 14.9. The molecule has 0 amide bonds. The van der Waals surface area contributed by atoms with Crippen LogP contribution in [0.3, 0.4) is 0 Å². The Labute approximate surface area is 55.8 Å². The Morgan fingerprint density at radius 2 is 1.89 bits per heavy atom. The van der Waals surface area contributed by atoms with Crippen LogP contribution < -0.4 is 22.5 Å². The predicted octanol–water partition coefficient (Wildman–Crippen LogP) is -1.83. The molecule has 0 aromatic carbocycles. The van der Waals surface area contributed by atoms with Crippen LogP contribution in [0.2, 0.25) is 0 Å². The first-order chi connectivity index (χ1) is 4.27. The molecule has 0 rings (SSSR count). The van der Waals surface area contributed by atoms with Crippen molar-refractivity contribution >= 4 is 0 Å². The Hall–Kier alpha value is -0.160. The average Bonchev–Trinajstić information content (AvgIpc) is 1.80. The molecule has 9 heavy (non-hydrogen) atoms. The van der Waals surface area contributed by atoms with Gasteiger partial charge in [-0.1, -0.05) is 0 Å². The van der Waals surface area contributed by atoms with Crippen molar-refractivity contribution in [2.24, 2.45) is 17.2 Å². The Morgan fingerprint density at radius 1 is 1.22 bits per heavy atom. The molecule has 0 aliphatic carbocycles. The van der Waals surface area contributed by atoms with Gasteiger partial charge in [-0.05, 0) is 13.0 Å². The van der Waals surface area contributed by atoms with Crippen molar-refractivity contribution in [3.63, 3.8) is 0 Å². The van der Waals surface area contributed by atoms with Crippen LogP contribution >= 0.6 is 0 Å². The monoisotopic (exact) mass is 132 g/mol. The molecule has 0 bridgehead atoms. The van der Waals surface area contributed by atoms with Crippen LogP contribution in [0.15, 0.2) is 0 Å². The van der Waals surface area contributed by atoms with E-state index in [9.17, 15) is 0 Å². The summed E-state index contributed by atoms with van der Waals surface area (Å²) in [5, 5.41) is 3.08. The first-order valence-electron chi connectivity index (χ1n) is 3.19. The van der Waals surface area contributed by atoms with Crippen LogP contribution in [-0.2, 0) is 0 Å². The summed E-state index contributed by atoms with van der Waals surface area (Å²) in [6, 6.07) is 0. The van der Waals surface area contributed by atoms with Gasteiger partial charge in [0.1, 0.15) is 0 Å². The van der Waals surface area contributed by atoms with Gasteiger partial charge in [0, 0.05) is 13.1 Å². The zero-order valence-electron chi connectivity index (χ0n) is 5.64. The Kier molecular flexibility index (Phi) is 5.86. The fourth-order valence-corrected chi connectivity index (χ4v) is 0.496. The van der Waals surface area contributed by atoms with Gasteiger partial charge in [0.25, 0.3) is 0 Å². The molecule has 0 aliphatic heterocycles. The zero-order valence-corrected chi connectivity index (χ0v) is 5.64. The number of rotatable bonds is 5.